The number of carbonyl (C=O) groups excluding carboxylic acids is 3. The number of phenolic OH excluding ortho intramolecular Hbond substituents is 1. The maximum atomic E-state index is 13.9. The number of phenols is 1. The summed E-state index contributed by atoms with van der Waals surface area (Å²) >= 11 is 0. The van der Waals surface area contributed by atoms with Crippen LogP contribution in [-0.4, -0.2) is 53.3 Å². The van der Waals surface area contributed by atoms with Gasteiger partial charge in [0, 0.05) is 0 Å². The number of hydrogen-bond acceptors (Lipinski definition) is 7. The van der Waals surface area contributed by atoms with E-state index in [0.29, 0.717) is 36.1 Å². The van der Waals surface area contributed by atoms with Crippen LogP contribution in [0, 0.1) is 23.6 Å². The zero-order valence-corrected chi connectivity index (χ0v) is 21.4. The van der Waals surface area contributed by atoms with Crippen LogP contribution in [0.25, 0.3) is 6.08 Å². The van der Waals surface area contributed by atoms with Crippen LogP contribution >= 0.6 is 0 Å². The molecule has 1 aromatic rings. The van der Waals surface area contributed by atoms with E-state index < -0.39 is 60.5 Å². The number of imide groups is 3. The van der Waals surface area contributed by atoms with Crippen molar-refractivity contribution in [3.63, 3.8) is 0 Å². The van der Waals surface area contributed by atoms with Gasteiger partial charge >= 0.3 is 13.2 Å². The van der Waals surface area contributed by atoms with Gasteiger partial charge in [-0.1, -0.05) is 43.6 Å². The van der Waals surface area contributed by atoms with E-state index in [2.05, 4.69) is 11.7 Å². The Morgan fingerprint density at radius 2 is 2.00 bits per heavy atom. The maximum absolute atomic E-state index is 13.9. The van der Waals surface area contributed by atoms with Crippen LogP contribution < -0.4 is 0 Å². The number of benzene rings is 1. The minimum atomic E-state index is -1.10. The Morgan fingerprint density at radius 3 is 2.65 bits per heavy atom. The number of nitrogens with zero attached hydrogens (tertiary/aromatic N) is 1. The fourth-order valence-electron chi connectivity index (χ4n) is 6.13. The van der Waals surface area contributed by atoms with Crippen LogP contribution in [0.2, 0.25) is 6.32 Å². The number of ether oxygens (including phenoxy) is 1. The number of fused-ring (bicyclic) bond motifs is 3. The Balaban J connectivity index is 1.61. The Kier molecular flexibility index (Phi) is 8.18. The normalized spacial score (nSPS) is 25.9. The predicted molar refractivity (Wildman–Crippen MR) is 134 cm³/mol. The third-order valence-corrected chi connectivity index (χ3v) is 7.73. The highest BCUT2D eigenvalue weighted by atomic mass is 19.1. The molecule has 2 N–H and O–H groups in total. The van der Waals surface area contributed by atoms with Crippen molar-refractivity contribution in [2.75, 3.05) is 7.11 Å². The summed E-state index contributed by atoms with van der Waals surface area (Å²) in [6, 6.07) is 4.26. The monoisotopic (exact) mass is 513 g/mol. The van der Waals surface area contributed by atoms with Gasteiger partial charge in [0.15, 0.2) is 11.6 Å². The minimum absolute atomic E-state index is 0.176. The number of hydrogen-bond donors (Lipinski definition) is 2. The predicted octanol–water partition coefficient (Wildman–Crippen LogP) is 4.47. The van der Waals surface area contributed by atoms with Gasteiger partial charge in [-0.2, -0.15) is 4.90 Å². The number of rotatable bonds is 7. The summed E-state index contributed by atoms with van der Waals surface area (Å²) in [7, 11) is 0.0317. The summed E-state index contributed by atoms with van der Waals surface area (Å²) in [5, 5.41) is 20.1. The van der Waals surface area contributed by atoms with Crippen LogP contribution in [0.4, 0.5) is 9.18 Å². The molecule has 4 atom stereocenters. The van der Waals surface area contributed by atoms with E-state index >= 15 is 0 Å². The molecule has 0 saturated carbocycles. The molecule has 10 heteroatoms. The molecule has 3 aliphatic rings. The fraction of sp³-hybridized carbons (Fsp3) is 0.519. The SMILES string of the molecule is CCC/C(=C\c1ccc(O)c(F)c1)CC[C@H]1OB(O)C[C@H]2C1=C(CC)C[C@H]1C(=O)N(C(=O)OC)C(=O)[C@H]12. The van der Waals surface area contributed by atoms with Gasteiger partial charge in [-0.25, -0.2) is 9.18 Å². The molecule has 3 amide bonds. The molecule has 4 rings (SSSR count). The van der Waals surface area contributed by atoms with Crippen molar-refractivity contribution in [1.29, 1.82) is 0 Å². The summed E-state index contributed by atoms with van der Waals surface area (Å²) in [5.74, 6) is -3.99. The zero-order chi connectivity index (χ0) is 26.9. The lowest BCUT2D eigenvalue weighted by atomic mass is 9.58. The Morgan fingerprint density at radius 1 is 1.24 bits per heavy atom. The number of halogens is 1. The van der Waals surface area contributed by atoms with Crippen LogP contribution in [0.3, 0.4) is 0 Å². The number of carbonyl (C=O) groups is 3. The second kappa shape index (κ2) is 11.2. The Hall–Kier alpha value is -2.98. The van der Waals surface area contributed by atoms with Crippen molar-refractivity contribution < 1.29 is 38.3 Å². The lowest BCUT2D eigenvalue weighted by molar-refractivity contribution is -0.137. The second-order valence-electron chi connectivity index (χ2n) is 9.95. The first-order valence-corrected chi connectivity index (χ1v) is 12.9. The average molecular weight is 513 g/mol. The van der Waals surface area contributed by atoms with Crippen molar-refractivity contribution >= 4 is 31.1 Å². The molecule has 0 radical (unpaired) electrons. The lowest BCUT2D eigenvalue weighted by Gasteiger charge is -2.43. The largest absolute Gasteiger partial charge is 0.505 e. The molecular weight excluding hydrogens is 480 g/mol. The van der Waals surface area contributed by atoms with Crippen molar-refractivity contribution in [3.05, 3.63) is 46.3 Å². The number of likely N-dealkylation sites (tertiary alicyclic amines) is 1. The third kappa shape index (κ3) is 5.22. The molecule has 8 nitrogen and oxygen atoms in total. The molecule has 0 aromatic heterocycles. The van der Waals surface area contributed by atoms with Crippen molar-refractivity contribution in [2.24, 2.45) is 17.8 Å². The summed E-state index contributed by atoms with van der Waals surface area (Å²) in [5.41, 5.74) is 3.70. The number of methoxy groups -OCH3 is 1. The van der Waals surface area contributed by atoms with Gasteiger partial charge < -0.3 is 19.5 Å². The topological polar surface area (TPSA) is 113 Å². The van der Waals surface area contributed by atoms with Crippen LogP contribution in [0.5, 0.6) is 5.75 Å². The third-order valence-electron chi connectivity index (χ3n) is 7.73. The van der Waals surface area contributed by atoms with Gasteiger partial charge in [-0.05, 0) is 67.6 Å². The molecular formula is C27H33BFNO7. The van der Waals surface area contributed by atoms with Crippen molar-refractivity contribution in [2.45, 2.75) is 64.8 Å². The fourth-order valence-corrected chi connectivity index (χ4v) is 6.13. The van der Waals surface area contributed by atoms with Crippen LogP contribution in [0.1, 0.15) is 57.9 Å². The molecule has 2 heterocycles. The van der Waals surface area contributed by atoms with E-state index in [-0.39, 0.29) is 6.32 Å². The molecule has 2 fully saturated rings. The van der Waals surface area contributed by atoms with E-state index in [0.717, 1.165) is 36.7 Å². The Bertz CT molecular complexity index is 1150. The minimum Gasteiger partial charge on any atom is -0.505 e. The highest BCUT2D eigenvalue weighted by Crippen LogP contribution is 2.51. The smallest absolute Gasteiger partial charge is 0.455 e. The first kappa shape index (κ1) is 27.1. The Labute approximate surface area is 216 Å². The summed E-state index contributed by atoms with van der Waals surface area (Å²) in [4.78, 5) is 39.0. The summed E-state index contributed by atoms with van der Waals surface area (Å²) < 4.78 is 24.5. The highest BCUT2D eigenvalue weighted by Gasteiger charge is 2.58. The van der Waals surface area contributed by atoms with E-state index in [1.54, 1.807) is 6.07 Å². The summed E-state index contributed by atoms with van der Waals surface area (Å²) in [6.45, 7) is 4.04. The molecule has 0 bridgehead atoms. The number of allylic oxidation sites excluding steroid dienone is 2. The van der Waals surface area contributed by atoms with E-state index in [1.807, 2.05) is 13.0 Å². The summed E-state index contributed by atoms with van der Waals surface area (Å²) in [6.07, 6.45) is 4.51. The molecule has 2 aliphatic heterocycles. The maximum Gasteiger partial charge on any atom is 0.455 e. The molecule has 1 aromatic carbocycles. The molecule has 0 unspecified atom stereocenters. The van der Waals surface area contributed by atoms with E-state index in [1.165, 1.54) is 12.1 Å². The van der Waals surface area contributed by atoms with Gasteiger partial charge in [0.1, 0.15) is 0 Å². The van der Waals surface area contributed by atoms with Crippen LogP contribution in [-0.2, 0) is 19.0 Å². The standard InChI is InChI=1S/C27H33BFNO7/c1-4-6-15(11-16-7-9-21(31)20(29)12-16)8-10-22-23-17(5-2)13-18-24(19(23)14-28(35)37-22)26(33)30(25(18)32)27(34)36-3/h7,9,11-12,18-19,22,24,31,35H,4-6,8,10,13-14H2,1-3H3/b15-11+/t18-,19+,22-,24-/m1/s1. The van der Waals surface area contributed by atoms with Crippen LogP contribution in [0.15, 0.2) is 34.9 Å². The molecule has 37 heavy (non-hydrogen) atoms. The van der Waals surface area contributed by atoms with Gasteiger partial charge in [0.25, 0.3) is 0 Å². The quantitative estimate of drug-likeness (QED) is 0.314. The van der Waals surface area contributed by atoms with Crippen molar-refractivity contribution in [3.8, 4) is 5.75 Å². The van der Waals surface area contributed by atoms with Gasteiger partial charge in [-0.3, -0.25) is 9.59 Å². The molecule has 198 valence electrons. The van der Waals surface area contributed by atoms with Gasteiger partial charge in [-0.15, -0.1) is 0 Å². The lowest BCUT2D eigenvalue weighted by Crippen LogP contribution is -2.46. The number of aromatic hydroxyl groups is 1. The van der Waals surface area contributed by atoms with E-state index in [4.69, 9.17) is 4.65 Å². The first-order valence-electron chi connectivity index (χ1n) is 12.9. The molecule has 0 spiro atoms. The highest BCUT2D eigenvalue weighted by molar-refractivity contribution is 6.43. The second-order valence-corrected chi connectivity index (χ2v) is 9.95. The van der Waals surface area contributed by atoms with Gasteiger partial charge in [0.05, 0.1) is 25.0 Å². The molecule has 2 saturated heterocycles. The van der Waals surface area contributed by atoms with Crippen molar-refractivity contribution in [1.82, 2.24) is 4.90 Å². The van der Waals surface area contributed by atoms with Gasteiger partial charge in [0.2, 0.25) is 11.8 Å². The number of amides is 3. The van der Waals surface area contributed by atoms with E-state index in [9.17, 15) is 28.9 Å². The first-order chi connectivity index (χ1) is 17.7. The zero-order valence-electron chi connectivity index (χ0n) is 21.4. The average Bonchev–Trinajstić information content (AvgIpc) is 3.13. The molecule has 1 aliphatic carbocycles.